The predicted molar refractivity (Wildman–Crippen MR) is 170 cm³/mol. The average molecular weight is 651 g/mol. The van der Waals surface area contributed by atoms with Crippen molar-refractivity contribution < 1.29 is 37.3 Å². The zero-order valence-corrected chi connectivity index (χ0v) is 26.2. The second-order valence-corrected chi connectivity index (χ2v) is 12.5. The Morgan fingerprint density at radius 3 is 2.68 bits per heavy atom. The van der Waals surface area contributed by atoms with Crippen molar-refractivity contribution in [2.24, 2.45) is 11.8 Å². The number of halogens is 3. The van der Waals surface area contributed by atoms with Crippen LogP contribution in [0.4, 0.5) is 23.9 Å². The molecule has 12 heteroatoms. The Morgan fingerprint density at radius 1 is 1.11 bits per heavy atom. The van der Waals surface area contributed by atoms with Gasteiger partial charge in [-0.1, -0.05) is 31.2 Å². The molecule has 1 aromatic heterocycles. The first-order valence-corrected chi connectivity index (χ1v) is 15.7. The largest absolute Gasteiger partial charge is 0.491 e. The van der Waals surface area contributed by atoms with Crippen LogP contribution < -0.4 is 10.1 Å². The quantitative estimate of drug-likeness (QED) is 0.196. The summed E-state index contributed by atoms with van der Waals surface area (Å²) in [6, 6.07) is 16.5. The molecular formula is C35H37F3N4O5. The van der Waals surface area contributed by atoms with E-state index in [1.54, 1.807) is 6.07 Å². The molecule has 47 heavy (non-hydrogen) atoms. The number of alkyl halides is 3. The number of hydrogen-bond donors (Lipinski definition) is 3. The van der Waals surface area contributed by atoms with Gasteiger partial charge in [0.2, 0.25) is 11.9 Å². The van der Waals surface area contributed by atoms with Gasteiger partial charge in [0.25, 0.3) is 0 Å². The minimum absolute atomic E-state index is 0.00845. The van der Waals surface area contributed by atoms with Gasteiger partial charge in [0.1, 0.15) is 12.4 Å². The van der Waals surface area contributed by atoms with Crippen LogP contribution >= 0.6 is 0 Å². The molecule has 6 rings (SSSR count). The molecule has 3 atom stereocenters. The van der Waals surface area contributed by atoms with E-state index in [0.29, 0.717) is 56.6 Å². The number of fused-ring (bicyclic) bond motifs is 2. The second-order valence-electron chi connectivity index (χ2n) is 12.5. The molecule has 2 aliphatic rings. The number of ether oxygens (including phenoxy) is 2. The van der Waals surface area contributed by atoms with Crippen molar-refractivity contribution in [1.29, 1.82) is 0 Å². The molecule has 1 saturated carbocycles. The molecule has 1 aliphatic heterocycles. The maximum absolute atomic E-state index is 13.9. The Morgan fingerprint density at radius 2 is 1.89 bits per heavy atom. The molecule has 4 aromatic rings. The SMILES string of the molecule is COC(=O)Nc1nc2ccc(-c3ccc4c(c3)CN(C(=O)C(C)C3CCCC(O)(c5cccc(C(F)(F)F)c5)CC3)CCO4)cc2[nH]1. The molecule has 0 radical (unpaired) electrons. The molecule has 3 unspecified atom stereocenters. The van der Waals surface area contributed by atoms with Crippen LogP contribution in [0.25, 0.3) is 22.2 Å². The first kappa shape index (κ1) is 32.4. The second kappa shape index (κ2) is 12.9. The number of H-pyrrole nitrogens is 1. The minimum Gasteiger partial charge on any atom is -0.491 e. The van der Waals surface area contributed by atoms with E-state index in [2.05, 4.69) is 20.0 Å². The van der Waals surface area contributed by atoms with Gasteiger partial charge < -0.3 is 24.5 Å². The zero-order valence-electron chi connectivity index (χ0n) is 26.2. The number of nitrogens with one attached hydrogen (secondary N) is 2. The van der Waals surface area contributed by atoms with E-state index in [1.807, 2.05) is 48.2 Å². The highest BCUT2D eigenvalue weighted by Crippen LogP contribution is 2.42. The molecule has 248 valence electrons. The van der Waals surface area contributed by atoms with Crippen molar-refractivity contribution in [2.75, 3.05) is 25.6 Å². The van der Waals surface area contributed by atoms with Crippen molar-refractivity contribution in [1.82, 2.24) is 14.9 Å². The predicted octanol–water partition coefficient (Wildman–Crippen LogP) is 7.25. The number of nitrogens with zero attached hydrogens (tertiary/aromatic N) is 2. The van der Waals surface area contributed by atoms with Gasteiger partial charge in [-0.2, -0.15) is 13.2 Å². The highest BCUT2D eigenvalue weighted by Gasteiger charge is 2.38. The van der Waals surface area contributed by atoms with Crippen molar-refractivity contribution in [2.45, 2.75) is 57.3 Å². The van der Waals surface area contributed by atoms with E-state index in [1.165, 1.54) is 13.2 Å². The Labute approximate surface area is 270 Å². The Balaban J connectivity index is 1.15. The molecule has 2 amide bonds. The number of carbonyl (C=O) groups is 2. The maximum atomic E-state index is 13.9. The number of benzene rings is 3. The summed E-state index contributed by atoms with van der Waals surface area (Å²) in [5.41, 5.74) is 2.24. The van der Waals surface area contributed by atoms with Gasteiger partial charge in [0, 0.05) is 18.0 Å². The molecule has 0 bridgehead atoms. The van der Waals surface area contributed by atoms with Gasteiger partial charge in [0.05, 0.1) is 35.9 Å². The van der Waals surface area contributed by atoms with Gasteiger partial charge in [-0.05, 0) is 91.1 Å². The van der Waals surface area contributed by atoms with Crippen LogP contribution in [0.15, 0.2) is 60.7 Å². The lowest BCUT2D eigenvalue weighted by molar-refractivity contribution is -0.138. The van der Waals surface area contributed by atoms with Crippen molar-refractivity contribution >= 4 is 29.0 Å². The monoisotopic (exact) mass is 650 g/mol. The first-order valence-electron chi connectivity index (χ1n) is 15.7. The lowest BCUT2D eigenvalue weighted by Gasteiger charge is -2.30. The van der Waals surface area contributed by atoms with Crippen molar-refractivity contribution in [3.8, 4) is 16.9 Å². The summed E-state index contributed by atoms with van der Waals surface area (Å²) in [5.74, 6) is 0.628. The fourth-order valence-electron chi connectivity index (χ4n) is 6.77. The Hall–Kier alpha value is -4.58. The highest BCUT2D eigenvalue weighted by atomic mass is 19.4. The number of aromatic nitrogens is 2. The molecule has 9 nitrogen and oxygen atoms in total. The summed E-state index contributed by atoms with van der Waals surface area (Å²) in [5, 5.41) is 14.0. The van der Waals surface area contributed by atoms with Gasteiger partial charge in [-0.15, -0.1) is 0 Å². The van der Waals surface area contributed by atoms with Gasteiger partial charge in [0.15, 0.2) is 0 Å². The van der Waals surface area contributed by atoms with E-state index >= 15 is 0 Å². The van der Waals surface area contributed by atoms with Crippen LogP contribution in [0, 0.1) is 11.8 Å². The van der Waals surface area contributed by atoms with Crippen LogP contribution in [0.3, 0.4) is 0 Å². The number of aliphatic hydroxyl groups is 1. The first-order chi connectivity index (χ1) is 22.4. The smallest absolute Gasteiger partial charge is 0.416 e. The number of hydrogen-bond acceptors (Lipinski definition) is 6. The van der Waals surface area contributed by atoms with E-state index in [0.717, 1.165) is 34.3 Å². The Kier molecular flexibility index (Phi) is 8.88. The standard InChI is InChI=1S/C35H37F3N4O5/c1-21(22-5-4-13-34(45,14-12-22)26-6-3-7-27(19-26)35(36,37)38)31(43)42-15-16-47-30-11-9-23(17-25(30)20-42)24-8-10-28-29(18-24)40-32(39-28)41-33(44)46-2/h3,6-11,17-19,21-22,45H,4-5,12-16,20H2,1-2H3,(H2,39,40,41,44). The van der Waals surface area contributed by atoms with Crippen LogP contribution in [0.2, 0.25) is 0 Å². The number of methoxy groups -OCH3 is 1. The van der Waals surface area contributed by atoms with Gasteiger partial charge >= 0.3 is 12.3 Å². The molecule has 1 fully saturated rings. The molecule has 1 aliphatic carbocycles. The third-order valence-corrected chi connectivity index (χ3v) is 9.49. The molecular weight excluding hydrogens is 613 g/mol. The lowest BCUT2D eigenvalue weighted by Crippen LogP contribution is -2.39. The van der Waals surface area contributed by atoms with Crippen LogP contribution in [0.1, 0.15) is 55.7 Å². The lowest BCUT2D eigenvalue weighted by atomic mass is 9.83. The summed E-state index contributed by atoms with van der Waals surface area (Å²) < 4.78 is 50.7. The maximum Gasteiger partial charge on any atom is 0.416 e. The molecule has 0 spiro atoms. The number of rotatable bonds is 5. The fourth-order valence-corrected chi connectivity index (χ4v) is 6.77. The fraction of sp³-hybridized carbons (Fsp3) is 0.400. The topological polar surface area (TPSA) is 117 Å². The normalized spacial score (nSPS) is 20.8. The summed E-state index contributed by atoms with van der Waals surface area (Å²) in [7, 11) is 1.28. The van der Waals surface area contributed by atoms with E-state index in [-0.39, 0.29) is 35.7 Å². The number of anilines is 1. The van der Waals surface area contributed by atoms with Gasteiger partial charge in [-0.3, -0.25) is 10.1 Å². The van der Waals surface area contributed by atoms with Gasteiger partial charge in [-0.25, -0.2) is 9.78 Å². The zero-order chi connectivity index (χ0) is 33.3. The van der Waals surface area contributed by atoms with E-state index in [9.17, 15) is 27.9 Å². The molecule has 2 heterocycles. The van der Waals surface area contributed by atoms with Crippen LogP contribution in [0.5, 0.6) is 5.75 Å². The number of amides is 2. The number of imidazole rings is 1. The summed E-state index contributed by atoms with van der Waals surface area (Å²) in [6.07, 6.45) is -2.66. The van der Waals surface area contributed by atoms with Crippen LogP contribution in [-0.2, 0) is 27.9 Å². The van der Waals surface area contributed by atoms with E-state index < -0.39 is 23.4 Å². The number of aromatic amines is 1. The third-order valence-electron chi connectivity index (χ3n) is 9.49. The molecule has 0 saturated heterocycles. The highest BCUT2D eigenvalue weighted by molar-refractivity contribution is 5.88. The summed E-state index contributed by atoms with van der Waals surface area (Å²) in [4.78, 5) is 34.7. The summed E-state index contributed by atoms with van der Waals surface area (Å²) in [6.45, 7) is 3.05. The summed E-state index contributed by atoms with van der Waals surface area (Å²) >= 11 is 0. The van der Waals surface area contributed by atoms with Crippen LogP contribution in [-0.4, -0.2) is 52.2 Å². The third kappa shape index (κ3) is 6.92. The average Bonchev–Trinajstić information content (AvgIpc) is 3.19. The molecule has 3 N–H and O–H groups in total. The van der Waals surface area contributed by atoms with Crippen molar-refractivity contribution in [3.05, 3.63) is 77.4 Å². The molecule has 3 aromatic carbocycles. The Bertz CT molecular complexity index is 1790. The van der Waals surface area contributed by atoms with Crippen molar-refractivity contribution in [3.63, 3.8) is 0 Å². The number of carbonyl (C=O) groups excluding carboxylic acids is 2. The van der Waals surface area contributed by atoms with E-state index in [4.69, 9.17) is 4.74 Å². The minimum atomic E-state index is -4.49.